The third-order valence-electron chi connectivity index (χ3n) is 11.1. The SMILES string of the molecule is CCCCCCCCC=CCCCCCCCC(=O)C(CCCCCCC=CCCCCCCCC)C(=O)OC(CCCCCCCCCC)C(=O)O.OCC(O)CO. The fraction of sp³-hybridized carbons (Fsp3) is 0.863. The molecule has 0 aliphatic heterocycles. The Morgan fingerprint density at radius 1 is 0.458 bits per heavy atom. The summed E-state index contributed by atoms with van der Waals surface area (Å²) in [6, 6.07) is 0. The number of carboxylic acid groups (broad SMARTS) is 1. The van der Waals surface area contributed by atoms with Crippen molar-refractivity contribution in [2.24, 2.45) is 5.92 Å². The smallest absolute Gasteiger partial charge is 0.345 e. The molecule has 8 heteroatoms. The number of allylic oxidation sites excluding steroid dienone is 4. The molecule has 348 valence electrons. The lowest BCUT2D eigenvalue weighted by atomic mass is 9.92. The van der Waals surface area contributed by atoms with Crippen LogP contribution in [0.4, 0.5) is 0 Å². The highest BCUT2D eigenvalue weighted by molar-refractivity contribution is 5.99. The molecule has 0 saturated heterocycles. The van der Waals surface area contributed by atoms with E-state index in [1.165, 1.54) is 128 Å². The second-order valence-electron chi connectivity index (χ2n) is 16.9. The zero-order valence-corrected chi connectivity index (χ0v) is 38.8. The van der Waals surface area contributed by atoms with E-state index in [2.05, 4.69) is 45.1 Å². The molecule has 0 radical (unpaired) electrons. The first-order chi connectivity index (χ1) is 28.8. The third-order valence-corrected chi connectivity index (χ3v) is 11.1. The Morgan fingerprint density at radius 2 is 0.780 bits per heavy atom. The van der Waals surface area contributed by atoms with Gasteiger partial charge in [-0.3, -0.25) is 9.59 Å². The van der Waals surface area contributed by atoms with Crippen molar-refractivity contribution in [1.29, 1.82) is 0 Å². The number of aliphatic hydroxyl groups is 3. The van der Waals surface area contributed by atoms with Crippen molar-refractivity contribution in [3.05, 3.63) is 24.3 Å². The van der Waals surface area contributed by atoms with Gasteiger partial charge in [0, 0.05) is 6.42 Å². The van der Waals surface area contributed by atoms with Crippen molar-refractivity contribution in [2.45, 2.75) is 264 Å². The first-order valence-electron chi connectivity index (χ1n) is 24.9. The minimum Gasteiger partial charge on any atom is -0.479 e. The minimum atomic E-state index is -1.17. The van der Waals surface area contributed by atoms with E-state index in [4.69, 9.17) is 20.1 Å². The van der Waals surface area contributed by atoms with E-state index in [1.54, 1.807) is 0 Å². The van der Waals surface area contributed by atoms with Crippen LogP contribution in [-0.4, -0.2) is 63.6 Å². The molecule has 59 heavy (non-hydrogen) atoms. The maximum atomic E-state index is 13.4. The van der Waals surface area contributed by atoms with Crippen LogP contribution in [0, 0.1) is 5.92 Å². The van der Waals surface area contributed by atoms with Gasteiger partial charge in [0.1, 0.15) is 17.8 Å². The van der Waals surface area contributed by atoms with Crippen LogP contribution < -0.4 is 0 Å². The highest BCUT2D eigenvalue weighted by Gasteiger charge is 2.31. The molecule has 8 nitrogen and oxygen atoms in total. The Balaban J connectivity index is 0. The van der Waals surface area contributed by atoms with Gasteiger partial charge in [0.25, 0.3) is 0 Å². The minimum absolute atomic E-state index is 0.0681. The Bertz CT molecular complexity index is 959. The number of carbonyl (C=O) groups excluding carboxylic acids is 2. The van der Waals surface area contributed by atoms with E-state index < -0.39 is 30.1 Å². The topological polar surface area (TPSA) is 141 Å². The van der Waals surface area contributed by atoms with E-state index in [1.807, 2.05) is 0 Å². The predicted molar refractivity (Wildman–Crippen MR) is 248 cm³/mol. The lowest BCUT2D eigenvalue weighted by Crippen LogP contribution is -2.33. The standard InChI is InChI=1S/C48H88O5.C3H8O3/c1-4-7-10-13-16-19-21-23-25-27-29-31-33-36-39-42-45(49)44(41-38-35-32-30-28-26-24-22-20-17-14-11-8-5-2)48(52)53-46(47(50)51)43-40-37-34-18-15-12-9-6-3;4-1-3(6)2-5/h23-26,44,46H,4-22,27-43H2,1-3H3,(H,50,51);3-6H,1-2H2. The van der Waals surface area contributed by atoms with Gasteiger partial charge in [-0.25, -0.2) is 4.79 Å². The molecule has 4 N–H and O–H groups in total. The molecule has 0 heterocycles. The summed E-state index contributed by atoms with van der Waals surface area (Å²) in [7, 11) is 0. The number of rotatable bonds is 44. The number of Topliss-reactive ketones (excluding diaryl/α,β-unsaturated/α-hetero) is 1. The summed E-state index contributed by atoms with van der Waals surface area (Å²) < 4.78 is 5.58. The first kappa shape index (κ1) is 59.1. The summed E-state index contributed by atoms with van der Waals surface area (Å²) >= 11 is 0. The average molecular weight is 837 g/mol. The van der Waals surface area contributed by atoms with Crippen LogP contribution in [0.5, 0.6) is 0 Å². The Labute approximate surface area is 363 Å². The molecule has 0 aliphatic rings. The number of ether oxygens (including phenoxy) is 1. The van der Waals surface area contributed by atoms with E-state index in [9.17, 15) is 19.5 Å². The molecule has 0 amide bonds. The highest BCUT2D eigenvalue weighted by atomic mass is 16.6. The third kappa shape index (κ3) is 43.9. The second kappa shape index (κ2) is 48.6. The highest BCUT2D eigenvalue weighted by Crippen LogP contribution is 2.21. The quantitative estimate of drug-likeness (QED) is 0.0206. The summed E-state index contributed by atoms with van der Waals surface area (Å²) in [5.74, 6) is -2.63. The van der Waals surface area contributed by atoms with Crippen LogP contribution in [0.3, 0.4) is 0 Å². The number of hydrogen-bond acceptors (Lipinski definition) is 7. The van der Waals surface area contributed by atoms with Crippen LogP contribution in [0.2, 0.25) is 0 Å². The monoisotopic (exact) mass is 837 g/mol. The zero-order chi connectivity index (χ0) is 43.9. The Hall–Kier alpha value is -2.03. The van der Waals surface area contributed by atoms with E-state index >= 15 is 0 Å². The molecular formula is C51H96O8. The van der Waals surface area contributed by atoms with Gasteiger partial charge in [0.05, 0.1) is 13.2 Å². The van der Waals surface area contributed by atoms with Crippen LogP contribution in [0.15, 0.2) is 24.3 Å². The van der Waals surface area contributed by atoms with Gasteiger partial charge >= 0.3 is 11.9 Å². The number of unbranched alkanes of at least 4 members (excludes halogenated alkanes) is 28. The van der Waals surface area contributed by atoms with Gasteiger partial charge in [0.15, 0.2) is 6.10 Å². The number of aliphatic hydroxyl groups excluding tert-OH is 3. The van der Waals surface area contributed by atoms with Crippen molar-refractivity contribution in [3.63, 3.8) is 0 Å². The molecule has 0 aromatic rings. The largest absolute Gasteiger partial charge is 0.479 e. The van der Waals surface area contributed by atoms with Gasteiger partial charge in [-0.2, -0.15) is 0 Å². The van der Waals surface area contributed by atoms with Crippen LogP contribution in [0.1, 0.15) is 252 Å². The van der Waals surface area contributed by atoms with E-state index in [0.29, 0.717) is 19.3 Å². The van der Waals surface area contributed by atoms with E-state index in [-0.39, 0.29) is 19.0 Å². The number of esters is 1. The Morgan fingerprint density at radius 3 is 1.12 bits per heavy atom. The zero-order valence-electron chi connectivity index (χ0n) is 38.8. The van der Waals surface area contributed by atoms with Crippen LogP contribution >= 0.6 is 0 Å². The summed E-state index contributed by atoms with van der Waals surface area (Å²) in [4.78, 5) is 38.7. The number of carboxylic acids is 1. The van der Waals surface area contributed by atoms with Crippen LogP contribution in [-0.2, 0) is 19.1 Å². The molecule has 0 fully saturated rings. The molecular weight excluding hydrogens is 741 g/mol. The van der Waals surface area contributed by atoms with Gasteiger partial charge in [-0.05, 0) is 77.0 Å². The summed E-state index contributed by atoms with van der Waals surface area (Å²) in [5, 5.41) is 33.8. The van der Waals surface area contributed by atoms with Crippen molar-refractivity contribution in [1.82, 2.24) is 0 Å². The lowest BCUT2D eigenvalue weighted by molar-refractivity contribution is -0.169. The van der Waals surface area contributed by atoms with Crippen molar-refractivity contribution < 1.29 is 39.5 Å². The second-order valence-corrected chi connectivity index (χ2v) is 16.9. The molecule has 0 aromatic carbocycles. The maximum Gasteiger partial charge on any atom is 0.345 e. The number of ketones is 1. The van der Waals surface area contributed by atoms with Gasteiger partial charge in [-0.1, -0.05) is 193 Å². The molecule has 2 unspecified atom stereocenters. The number of carbonyl (C=O) groups is 3. The maximum absolute atomic E-state index is 13.4. The van der Waals surface area contributed by atoms with Gasteiger partial charge in [-0.15, -0.1) is 0 Å². The number of aliphatic carboxylic acids is 1. The molecule has 0 aromatic heterocycles. The van der Waals surface area contributed by atoms with Crippen molar-refractivity contribution in [2.75, 3.05) is 13.2 Å². The fourth-order valence-electron chi connectivity index (χ4n) is 7.17. The van der Waals surface area contributed by atoms with Gasteiger partial charge in [0.2, 0.25) is 0 Å². The summed E-state index contributed by atoms with van der Waals surface area (Å²) in [6.45, 7) is 6.00. The number of hydrogen-bond donors (Lipinski definition) is 4. The molecule has 0 spiro atoms. The van der Waals surface area contributed by atoms with E-state index in [0.717, 1.165) is 83.5 Å². The Kier molecular flexibility index (Phi) is 48.7. The summed E-state index contributed by atoms with van der Waals surface area (Å²) in [5.41, 5.74) is 0. The molecule has 0 aliphatic carbocycles. The van der Waals surface area contributed by atoms with Gasteiger partial charge < -0.3 is 25.2 Å². The normalized spacial score (nSPS) is 12.6. The lowest BCUT2D eigenvalue weighted by Gasteiger charge is -2.19. The average Bonchev–Trinajstić information content (AvgIpc) is 3.23. The molecule has 0 bridgehead atoms. The van der Waals surface area contributed by atoms with Crippen LogP contribution in [0.25, 0.3) is 0 Å². The van der Waals surface area contributed by atoms with Crippen molar-refractivity contribution in [3.8, 4) is 0 Å². The van der Waals surface area contributed by atoms with Crippen molar-refractivity contribution >= 4 is 17.7 Å². The first-order valence-corrected chi connectivity index (χ1v) is 24.9. The molecule has 0 saturated carbocycles. The summed E-state index contributed by atoms with van der Waals surface area (Å²) in [6.07, 6.45) is 47.0. The molecule has 0 rings (SSSR count). The fourth-order valence-corrected chi connectivity index (χ4v) is 7.17. The molecule has 2 atom stereocenters. The predicted octanol–water partition coefficient (Wildman–Crippen LogP) is 13.7.